The number of carbonyl (C=O) groups is 1. The number of piperazine rings is 1. The minimum Gasteiger partial charge on any atom is -0.340 e. The van der Waals surface area contributed by atoms with Crippen LogP contribution in [0.5, 0.6) is 0 Å². The number of carbonyl (C=O) groups excluding carboxylic acids is 1. The van der Waals surface area contributed by atoms with Gasteiger partial charge >= 0.3 is 0 Å². The Bertz CT molecular complexity index is 534. The molecule has 0 atom stereocenters. The second-order valence-electron chi connectivity index (χ2n) is 12.9. The van der Waals surface area contributed by atoms with E-state index < -0.39 is 0 Å². The molecule has 0 radical (unpaired) electrons. The van der Waals surface area contributed by atoms with Crippen molar-refractivity contribution >= 4 is 5.91 Å². The molecule has 1 aliphatic heterocycles. The van der Waals surface area contributed by atoms with Gasteiger partial charge in [0, 0.05) is 52.2 Å². The lowest BCUT2D eigenvalue weighted by Gasteiger charge is -2.30. The van der Waals surface area contributed by atoms with Crippen LogP contribution in [0.25, 0.3) is 0 Å². The summed E-state index contributed by atoms with van der Waals surface area (Å²) in [5.41, 5.74) is 0. The fourth-order valence-corrected chi connectivity index (χ4v) is 6.16. The third-order valence-corrected chi connectivity index (χ3v) is 9.08. The van der Waals surface area contributed by atoms with E-state index in [0.717, 1.165) is 45.8 Å². The van der Waals surface area contributed by atoms with Crippen molar-refractivity contribution in [3.05, 3.63) is 0 Å². The lowest BCUT2D eigenvalue weighted by molar-refractivity contribution is -0.132. The number of nitrogens with zero attached hydrogens (tertiary/aromatic N) is 3. The summed E-state index contributed by atoms with van der Waals surface area (Å²) >= 11 is 0. The fourth-order valence-electron chi connectivity index (χ4n) is 6.16. The molecule has 0 aromatic rings. The Morgan fingerprint density at radius 1 is 0.488 bits per heavy atom. The number of hydrogen-bond acceptors (Lipinski definition) is 4. The van der Waals surface area contributed by atoms with Gasteiger partial charge in [-0.05, 0) is 38.9 Å². The van der Waals surface area contributed by atoms with Gasteiger partial charge in [0.05, 0.1) is 0 Å². The smallest absolute Gasteiger partial charge is 0.223 e. The summed E-state index contributed by atoms with van der Waals surface area (Å²) in [6.45, 7) is 17.4. The molecule has 1 amide bonds. The summed E-state index contributed by atoms with van der Waals surface area (Å²) < 4.78 is 0. The van der Waals surface area contributed by atoms with E-state index in [-0.39, 0.29) is 0 Å². The summed E-state index contributed by atoms with van der Waals surface area (Å²) in [5.74, 6) is 0.360. The van der Waals surface area contributed by atoms with Crippen LogP contribution in [-0.4, -0.2) is 86.1 Å². The Hall–Kier alpha value is -0.650. The first-order valence-corrected chi connectivity index (χ1v) is 18.6. The Morgan fingerprint density at radius 3 is 1.22 bits per heavy atom. The third kappa shape index (κ3) is 23.5. The summed E-state index contributed by atoms with van der Waals surface area (Å²) in [5, 5.41) is 3.38. The number of rotatable bonds is 30. The highest BCUT2D eigenvalue weighted by atomic mass is 16.2. The maximum atomic E-state index is 12.9. The van der Waals surface area contributed by atoms with Crippen LogP contribution in [0.4, 0.5) is 0 Å². The second kappa shape index (κ2) is 29.4. The molecule has 5 heteroatoms. The van der Waals surface area contributed by atoms with Gasteiger partial charge in [-0.2, -0.15) is 0 Å². The monoisotopic (exact) mass is 579 g/mol. The SMILES string of the molecule is CCCCCCCCCN(CCCCCCCCC)CCN(CCCCCCCCC)CCC(=O)N1CCNCC1. The molecule has 1 heterocycles. The van der Waals surface area contributed by atoms with Crippen molar-refractivity contribution in [3.8, 4) is 0 Å². The van der Waals surface area contributed by atoms with E-state index in [2.05, 4.69) is 40.8 Å². The van der Waals surface area contributed by atoms with Crippen LogP contribution < -0.4 is 5.32 Å². The molecular weight excluding hydrogens is 504 g/mol. The molecule has 0 unspecified atom stereocenters. The predicted molar refractivity (Wildman–Crippen MR) is 181 cm³/mol. The van der Waals surface area contributed by atoms with Gasteiger partial charge in [0.15, 0.2) is 0 Å². The molecule has 0 spiro atoms. The van der Waals surface area contributed by atoms with E-state index >= 15 is 0 Å². The van der Waals surface area contributed by atoms with Gasteiger partial charge in [0.2, 0.25) is 5.91 Å². The lowest BCUT2D eigenvalue weighted by atomic mass is 10.1. The zero-order chi connectivity index (χ0) is 29.6. The molecule has 0 aromatic heterocycles. The van der Waals surface area contributed by atoms with Crippen LogP contribution >= 0.6 is 0 Å². The zero-order valence-corrected chi connectivity index (χ0v) is 28.4. The average molecular weight is 579 g/mol. The van der Waals surface area contributed by atoms with Crippen molar-refractivity contribution in [3.63, 3.8) is 0 Å². The van der Waals surface area contributed by atoms with Crippen molar-refractivity contribution in [2.45, 2.75) is 162 Å². The number of nitrogens with one attached hydrogen (secondary N) is 1. The Kier molecular flexibility index (Phi) is 27.5. The van der Waals surface area contributed by atoms with Gasteiger partial charge in [-0.1, -0.05) is 136 Å². The van der Waals surface area contributed by atoms with Gasteiger partial charge in [0.25, 0.3) is 0 Å². The summed E-state index contributed by atoms with van der Waals surface area (Å²) in [6.07, 6.45) is 29.6. The Morgan fingerprint density at radius 2 is 0.829 bits per heavy atom. The van der Waals surface area contributed by atoms with E-state index in [1.165, 1.54) is 154 Å². The summed E-state index contributed by atoms with van der Waals surface area (Å²) in [7, 11) is 0. The third-order valence-electron chi connectivity index (χ3n) is 9.08. The molecular formula is C36H74N4O. The first kappa shape index (κ1) is 38.4. The van der Waals surface area contributed by atoms with E-state index in [1.807, 2.05) is 0 Å². The first-order chi connectivity index (χ1) is 20.2. The number of amides is 1. The molecule has 5 nitrogen and oxygen atoms in total. The van der Waals surface area contributed by atoms with Crippen LogP contribution in [0.2, 0.25) is 0 Å². The van der Waals surface area contributed by atoms with Crippen LogP contribution in [0, 0.1) is 0 Å². The van der Waals surface area contributed by atoms with Gasteiger partial charge in [-0.25, -0.2) is 0 Å². The predicted octanol–water partition coefficient (Wildman–Crippen LogP) is 8.66. The minimum absolute atomic E-state index is 0.360. The van der Waals surface area contributed by atoms with Gasteiger partial charge in [0.1, 0.15) is 0 Å². The number of unbranched alkanes of at least 4 members (excludes halogenated alkanes) is 18. The maximum Gasteiger partial charge on any atom is 0.223 e. The largest absolute Gasteiger partial charge is 0.340 e. The molecule has 1 fully saturated rings. The maximum absolute atomic E-state index is 12.9. The summed E-state index contributed by atoms with van der Waals surface area (Å²) in [6, 6.07) is 0. The van der Waals surface area contributed by atoms with Gasteiger partial charge in [-0.15, -0.1) is 0 Å². The molecule has 1 rings (SSSR count). The van der Waals surface area contributed by atoms with E-state index in [1.54, 1.807) is 0 Å². The minimum atomic E-state index is 0.360. The van der Waals surface area contributed by atoms with Crippen molar-refractivity contribution in [2.24, 2.45) is 0 Å². The van der Waals surface area contributed by atoms with Crippen LogP contribution in [0.3, 0.4) is 0 Å². The van der Waals surface area contributed by atoms with Crippen LogP contribution in [0.15, 0.2) is 0 Å². The van der Waals surface area contributed by atoms with Gasteiger partial charge < -0.3 is 20.0 Å². The quantitative estimate of drug-likeness (QED) is 0.0866. The van der Waals surface area contributed by atoms with E-state index in [9.17, 15) is 4.79 Å². The van der Waals surface area contributed by atoms with Crippen LogP contribution in [-0.2, 0) is 4.79 Å². The lowest BCUT2D eigenvalue weighted by Crippen LogP contribution is -2.47. The fraction of sp³-hybridized carbons (Fsp3) is 0.972. The molecule has 1 N–H and O–H groups in total. The molecule has 0 saturated carbocycles. The van der Waals surface area contributed by atoms with Crippen molar-refractivity contribution in [1.29, 1.82) is 0 Å². The van der Waals surface area contributed by atoms with E-state index in [4.69, 9.17) is 0 Å². The van der Waals surface area contributed by atoms with Crippen molar-refractivity contribution in [2.75, 3.05) is 65.4 Å². The molecule has 1 aliphatic rings. The Balaban J connectivity index is 2.53. The van der Waals surface area contributed by atoms with E-state index in [0.29, 0.717) is 12.3 Å². The molecule has 41 heavy (non-hydrogen) atoms. The Labute approximate surface area is 257 Å². The summed E-state index contributed by atoms with van der Waals surface area (Å²) in [4.78, 5) is 20.4. The van der Waals surface area contributed by atoms with Crippen molar-refractivity contribution < 1.29 is 4.79 Å². The van der Waals surface area contributed by atoms with Crippen molar-refractivity contribution in [1.82, 2.24) is 20.0 Å². The van der Waals surface area contributed by atoms with Gasteiger partial charge in [-0.3, -0.25) is 4.79 Å². The standard InChI is InChI=1S/C36H74N4O/c1-4-7-10-13-16-19-22-28-38(29-23-20-17-14-11-8-5-2)34-35-39(30-24-21-18-15-12-9-6-3)31-25-36(41)40-32-26-37-27-33-40/h37H,4-35H2,1-3H3. The highest BCUT2D eigenvalue weighted by Crippen LogP contribution is 2.12. The molecule has 0 aromatic carbocycles. The molecule has 0 aliphatic carbocycles. The molecule has 1 saturated heterocycles. The first-order valence-electron chi connectivity index (χ1n) is 18.6. The molecule has 0 bridgehead atoms. The van der Waals surface area contributed by atoms with Crippen LogP contribution in [0.1, 0.15) is 162 Å². The highest BCUT2D eigenvalue weighted by Gasteiger charge is 2.17. The topological polar surface area (TPSA) is 38.8 Å². The zero-order valence-electron chi connectivity index (χ0n) is 28.4. The normalized spacial score (nSPS) is 14.0. The second-order valence-corrected chi connectivity index (χ2v) is 12.9. The number of hydrogen-bond donors (Lipinski definition) is 1. The highest BCUT2D eigenvalue weighted by molar-refractivity contribution is 5.76. The molecule has 244 valence electrons. The average Bonchev–Trinajstić information content (AvgIpc) is 3.00.